The third kappa shape index (κ3) is 3.76. The zero-order valence-electron chi connectivity index (χ0n) is 12.7. The summed E-state index contributed by atoms with van der Waals surface area (Å²) in [6, 6.07) is 3.70. The predicted octanol–water partition coefficient (Wildman–Crippen LogP) is 3.15. The molecule has 21 heavy (non-hydrogen) atoms. The molecule has 0 saturated carbocycles. The quantitative estimate of drug-likeness (QED) is 0.810. The third-order valence-corrected chi connectivity index (χ3v) is 4.23. The first-order valence-electron chi connectivity index (χ1n) is 7.25. The van der Waals surface area contributed by atoms with Gasteiger partial charge < -0.3 is 10.2 Å². The lowest BCUT2D eigenvalue weighted by molar-refractivity contribution is -0.144. The third-order valence-electron chi connectivity index (χ3n) is 3.94. The molecule has 0 unspecified atom stereocenters. The molecular weight excluding hydrogens is 288 g/mol. The van der Waals surface area contributed by atoms with Crippen LogP contribution in [-0.2, 0) is 9.59 Å². The molecule has 5 heteroatoms. The van der Waals surface area contributed by atoms with Crippen molar-refractivity contribution in [3.05, 3.63) is 28.3 Å². The van der Waals surface area contributed by atoms with Crippen LogP contribution in [0.3, 0.4) is 0 Å². The van der Waals surface area contributed by atoms with E-state index in [9.17, 15) is 9.59 Å². The lowest BCUT2D eigenvalue weighted by Gasteiger charge is -2.29. The first-order valence-corrected chi connectivity index (χ1v) is 7.63. The summed E-state index contributed by atoms with van der Waals surface area (Å²) in [5, 5.41) is 3.11. The largest absolute Gasteiger partial charge is 0.334 e. The lowest BCUT2D eigenvalue weighted by Crippen LogP contribution is -2.44. The minimum absolute atomic E-state index is 0.459. The van der Waals surface area contributed by atoms with E-state index in [1.807, 2.05) is 19.9 Å². The van der Waals surface area contributed by atoms with E-state index in [1.54, 1.807) is 11.0 Å². The maximum Gasteiger partial charge on any atom is 0.313 e. The molecule has 114 valence electrons. The summed E-state index contributed by atoms with van der Waals surface area (Å²) < 4.78 is 0. The number of hydrogen-bond donors (Lipinski definition) is 1. The van der Waals surface area contributed by atoms with Crippen LogP contribution in [0.2, 0.25) is 5.02 Å². The summed E-state index contributed by atoms with van der Waals surface area (Å²) in [4.78, 5) is 25.9. The Labute approximate surface area is 130 Å². The standard InChI is InChI=1S/C16H21ClN2O2/c1-10-4-6-19(7-5-10)16(21)15(20)18-14-12(3)8-11(2)9-13(14)17/h8-10H,4-7H2,1-3H3,(H,18,20). The Kier molecular flexibility index (Phi) is 4.88. The summed E-state index contributed by atoms with van der Waals surface area (Å²) in [5.74, 6) is -0.470. The zero-order valence-corrected chi connectivity index (χ0v) is 13.5. The number of piperidine rings is 1. The summed E-state index contributed by atoms with van der Waals surface area (Å²) >= 11 is 6.15. The van der Waals surface area contributed by atoms with Gasteiger partial charge in [0.1, 0.15) is 0 Å². The molecule has 1 heterocycles. The number of halogens is 1. The second kappa shape index (κ2) is 6.48. The molecule has 0 atom stereocenters. The fourth-order valence-electron chi connectivity index (χ4n) is 2.60. The van der Waals surface area contributed by atoms with Crippen molar-refractivity contribution in [2.24, 2.45) is 5.92 Å². The normalized spacial score (nSPS) is 15.9. The van der Waals surface area contributed by atoms with Crippen LogP contribution in [0.1, 0.15) is 30.9 Å². The summed E-state index contributed by atoms with van der Waals surface area (Å²) in [6.45, 7) is 7.26. The minimum Gasteiger partial charge on any atom is -0.334 e. The fourth-order valence-corrected chi connectivity index (χ4v) is 2.96. The fraction of sp³-hybridized carbons (Fsp3) is 0.500. The SMILES string of the molecule is Cc1cc(C)c(NC(=O)C(=O)N2CCC(C)CC2)c(Cl)c1. The van der Waals surface area contributed by atoms with Crippen LogP contribution in [0.25, 0.3) is 0 Å². The van der Waals surface area contributed by atoms with Gasteiger partial charge in [-0.2, -0.15) is 0 Å². The molecule has 1 fully saturated rings. The van der Waals surface area contributed by atoms with Gasteiger partial charge in [0.15, 0.2) is 0 Å². The molecule has 0 aromatic heterocycles. The highest BCUT2D eigenvalue weighted by molar-refractivity contribution is 6.41. The highest BCUT2D eigenvalue weighted by Gasteiger charge is 2.26. The molecule has 2 rings (SSSR count). The van der Waals surface area contributed by atoms with Gasteiger partial charge in [-0.25, -0.2) is 0 Å². The van der Waals surface area contributed by atoms with Crippen LogP contribution in [0.15, 0.2) is 12.1 Å². The first kappa shape index (κ1) is 15.8. The van der Waals surface area contributed by atoms with Crippen molar-refractivity contribution in [3.63, 3.8) is 0 Å². The number of hydrogen-bond acceptors (Lipinski definition) is 2. The number of carbonyl (C=O) groups excluding carboxylic acids is 2. The summed E-state index contributed by atoms with van der Waals surface area (Å²) in [7, 11) is 0. The first-order chi connectivity index (χ1) is 9.88. The maximum absolute atomic E-state index is 12.2. The Morgan fingerprint density at radius 2 is 1.86 bits per heavy atom. The number of likely N-dealkylation sites (tertiary alicyclic amines) is 1. The monoisotopic (exact) mass is 308 g/mol. The average molecular weight is 309 g/mol. The van der Waals surface area contributed by atoms with Crippen LogP contribution in [0.4, 0.5) is 5.69 Å². The summed E-state index contributed by atoms with van der Waals surface area (Å²) in [6.07, 6.45) is 1.90. The molecule has 1 saturated heterocycles. The van der Waals surface area contributed by atoms with E-state index in [4.69, 9.17) is 11.6 Å². The van der Waals surface area contributed by atoms with Crippen molar-refractivity contribution in [1.29, 1.82) is 0 Å². The van der Waals surface area contributed by atoms with Gasteiger partial charge in [0.25, 0.3) is 0 Å². The Morgan fingerprint density at radius 1 is 1.24 bits per heavy atom. The molecule has 0 bridgehead atoms. The van der Waals surface area contributed by atoms with Crippen molar-refractivity contribution in [2.45, 2.75) is 33.6 Å². The molecule has 1 aliphatic rings. The number of rotatable bonds is 1. The summed E-state index contributed by atoms with van der Waals surface area (Å²) in [5.41, 5.74) is 2.39. The molecule has 0 aliphatic carbocycles. The average Bonchev–Trinajstić information content (AvgIpc) is 2.42. The number of amides is 2. The van der Waals surface area contributed by atoms with Crippen LogP contribution < -0.4 is 5.32 Å². The molecule has 1 aromatic rings. The number of nitrogens with one attached hydrogen (secondary N) is 1. The van der Waals surface area contributed by atoms with E-state index in [0.29, 0.717) is 29.7 Å². The molecule has 4 nitrogen and oxygen atoms in total. The topological polar surface area (TPSA) is 49.4 Å². The minimum atomic E-state index is -0.613. The molecular formula is C16H21ClN2O2. The smallest absolute Gasteiger partial charge is 0.313 e. The van der Waals surface area contributed by atoms with Crippen molar-refractivity contribution in [1.82, 2.24) is 4.90 Å². The van der Waals surface area contributed by atoms with Gasteiger partial charge >= 0.3 is 11.8 Å². The number of carbonyl (C=O) groups is 2. The van der Waals surface area contributed by atoms with Crippen LogP contribution in [0.5, 0.6) is 0 Å². The van der Waals surface area contributed by atoms with Crippen molar-refractivity contribution in [2.75, 3.05) is 18.4 Å². The van der Waals surface area contributed by atoms with Crippen LogP contribution in [-0.4, -0.2) is 29.8 Å². The highest BCUT2D eigenvalue weighted by atomic mass is 35.5. The number of aryl methyl sites for hydroxylation is 2. The Balaban J connectivity index is 2.06. The Morgan fingerprint density at radius 3 is 2.43 bits per heavy atom. The number of nitrogens with zero attached hydrogens (tertiary/aromatic N) is 1. The van der Waals surface area contributed by atoms with Gasteiger partial charge in [0.2, 0.25) is 0 Å². The molecule has 0 spiro atoms. The van der Waals surface area contributed by atoms with E-state index in [1.165, 1.54) is 0 Å². The molecule has 1 aromatic carbocycles. The van der Waals surface area contributed by atoms with Gasteiger partial charge in [-0.1, -0.05) is 24.6 Å². The second-order valence-electron chi connectivity index (χ2n) is 5.87. The number of anilines is 1. The van der Waals surface area contributed by atoms with Gasteiger partial charge in [0, 0.05) is 13.1 Å². The van der Waals surface area contributed by atoms with Gasteiger partial charge in [-0.3, -0.25) is 9.59 Å². The second-order valence-corrected chi connectivity index (χ2v) is 6.27. The van der Waals surface area contributed by atoms with E-state index < -0.39 is 11.8 Å². The van der Waals surface area contributed by atoms with E-state index in [-0.39, 0.29) is 0 Å². The van der Waals surface area contributed by atoms with E-state index >= 15 is 0 Å². The van der Waals surface area contributed by atoms with Crippen molar-refractivity contribution >= 4 is 29.1 Å². The van der Waals surface area contributed by atoms with Crippen LogP contribution >= 0.6 is 11.6 Å². The lowest BCUT2D eigenvalue weighted by atomic mass is 9.99. The van der Waals surface area contributed by atoms with E-state index in [0.717, 1.165) is 24.0 Å². The predicted molar refractivity (Wildman–Crippen MR) is 84.5 cm³/mol. The molecule has 2 amide bonds. The van der Waals surface area contributed by atoms with E-state index in [2.05, 4.69) is 12.2 Å². The molecule has 1 aliphatic heterocycles. The zero-order chi connectivity index (χ0) is 15.6. The van der Waals surface area contributed by atoms with Gasteiger partial charge in [0.05, 0.1) is 10.7 Å². The van der Waals surface area contributed by atoms with Crippen molar-refractivity contribution < 1.29 is 9.59 Å². The Hall–Kier alpha value is -1.55. The molecule has 0 radical (unpaired) electrons. The highest BCUT2D eigenvalue weighted by Crippen LogP contribution is 2.27. The van der Waals surface area contributed by atoms with Crippen LogP contribution in [0, 0.1) is 19.8 Å². The van der Waals surface area contributed by atoms with Gasteiger partial charge in [-0.15, -0.1) is 0 Å². The maximum atomic E-state index is 12.2. The van der Waals surface area contributed by atoms with Gasteiger partial charge in [-0.05, 0) is 49.8 Å². The number of benzene rings is 1. The Bertz CT molecular complexity index is 540. The molecule has 1 N–H and O–H groups in total. The van der Waals surface area contributed by atoms with Crippen molar-refractivity contribution in [3.8, 4) is 0 Å².